The van der Waals surface area contributed by atoms with Gasteiger partial charge in [0.05, 0.1) is 22.6 Å². The number of hydrogen-bond donors (Lipinski definition) is 3. The molecule has 0 saturated heterocycles. The molecule has 3 aromatic rings. The summed E-state index contributed by atoms with van der Waals surface area (Å²) in [5.41, 5.74) is 2.00. The van der Waals surface area contributed by atoms with Crippen molar-refractivity contribution in [1.82, 2.24) is 20.3 Å². The van der Waals surface area contributed by atoms with Crippen LogP contribution in [0.5, 0.6) is 0 Å². The number of imidazole rings is 1. The van der Waals surface area contributed by atoms with E-state index in [1.54, 1.807) is 0 Å². The van der Waals surface area contributed by atoms with Gasteiger partial charge in [-0.3, -0.25) is 9.59 Å². The minimum Gasteiger partial charge on any atom is -0.342 e. The maximum atomic E-state index is 12.5. The van der Waals surface area contributed by atoms with Gasteiger partial charge >= 0.3 is 0 Å². The van der Waals surface area contributed by atoms with Crippen LogP contribution in [0, 0.1) is 5.92 Å². The molecule has 124 valence electrons. The molecule has 1 aromatic carbocycles. The van der Waals surface area contributed by atoms with Gasteiger partial charge in [0.1, 0.15) is 5.82 Å². The van der Waals surface area contributed by atoms with Crippen LogP contribution in [-0.2, 0) is 0 Å². The van der Waals surface area contributed by atoms with Gasteiger partial charge in [-0.2, -0.15) is 0 Å². The molecule has 0 bridgehead atoms. The first-order valence-corrected chi connectivity index (χ1v) is 8.02. The Morgan fingerprint density at radius 3 is 2.71 bits per heavy atom. The van der Waals surface area contributed by atoms with Crippen molar-refractivity contribution in [3.63, 3.8) is 0 Å². The largest absolute Gasteiger partial charge is 0.342 e. The number of carbonyl (C=O) groups excluding carboxylic acids is 1. The summed E-state index contributed by atoms with van der Waals surface area (Å²) in [4.78, 5) is 34.1. The number of hydrogen-bond acceptors (Lipinski definition) is 3. The number of para-hydroxylation sites is 2. The normalized spacial score (nSPS) is 13.6. The van der Waals surface area contributed by atoms with E-state index in [0.29, 0.717) is 5.56 Å². The Labute approximate surface area is 139 Å². The van der Waals surface area contributed by atoms with Crippen molar-refractivity contribution < 1.29 is 4.79 Å². The summed E-state index contributed by atoms with van der Waals surface area (Å²) in [5.74, 6) is 0.706. The van der Waals surface area contributed by atoms with E-state index in [0.717, 1.165) is 23.3 Å². The second-order valence-corrected chi connectivity index (χ2v) is 5.92. The monoisotopic (exact) mass is 324 g/mol. The summed E-state index contributed by atoms with van der Waals surface area (Å²) in [7, 11) is 0. The van der Waals surface area contributed by atoms with Gasteiger partial charge in [-0.15, -0.1) is 0 Å². The Bertz CT molecular complexity index is 859. The zero-order valence-corrected chi connectivity index (χ0v) is 13.7. The fraction of sp³-hybridized carbons (Fsp3) is 0.278. The first-order valence-electron chi connectivity index (χ1n) is 8.02. The van der Waals surface area contributed by atoms with Gasteiger partial charge < -0.3 is 15.3 Å². The summed E-state index contributed by atoms with van der Waals surface area (Å²) in [5, 5.41) is 3.03. The highest BCUT2D eigenvalue weighted by molar-refractivity contribution is 5.94. The van der Waals surface area contributed by atoms with Crippen LogP contribution in [0.4, 0.5) is 0 Å². The van der Waals surface area contributed by atoms with E-state index in [-0.39, 0.29) is 23.4 Å². The minimum absolute atomic E-state index is 0.206. The van der Waals surface area contributed by atoms with Crippen molar-refractivity contribution >= 4 is 16.9 Å². The van der Waals surface area contributed by atoms with Crippen LogP contribution < -0.4 is 10.9 Å². The van der Waals surface area contributed by atoms with Crippen LogP contribution in [0.2, 0.25) is 0 Å². The SMILES string of the molecule is CCC(C)C(NC(=O)c1ccc(=O)[nH]c1)c1nc2ccccc2[nH]1. The Morgan fingerprint density at radius 2 is 2.04 bits per heavy atom. The van der Waals surface area contributed by atoms with Gasteiger partial charge in [-0.25, -0.2) is 4.98 Å². The van der Waals surface area contributed by atoms with Gasteiger partial charge in [-0.1, -0.05) is 32.4 Å². The van der Waals surface area contributed by atoms with Crippen molar-refractivity contribution in [2.75, 3.05) is 0 Å². The molecule has 6 heteroatoms. The number of nitrogens with one attached hydrogen (secondary N) is 3. The molecule has 3 rings (SSSR count). The van der Waals surface area contributed by atoms with Crippen molar-refractivity contribution in [2.24, 2.45) is 5.92 Å². The molecular formula is C18H20N4O2. The molecule has 0 saturated carbocycles. The van der Waals surface area contributed by atoms with Crippen molar-refractivity contribution in [1.29, 1.82) is 0 Å². The third-order valence-corrected chi connectivity index (χ3v) is 4.25. The molecule has 2 atom stereocenters. The first kappa shape index (κ1) is 16.0. The summed E-state index contributed by atoms with van der Waals surface area (Å²) >= 11 is 0. The minimum atomic E-state index is -0.239. The van der Waals surface area contributed by atoms with Gasteiger partial charge in [0.25, 0.3) is 5.91 Å². The topological polar surface area (TPSA) is 90.6 Å². The number of carbonyl (C=O) groups is 1. The fourth-order valence-electron chi connectivity index (χ4n) is 2.61. The van der Waals surface area contributed by atoms with Crippen LogP contribution in [0.25, 0.3) is 11.0 Å². The molecule has 2 heterocycles. The number of rotatable bonds is 5. The van der Waals surface area contributed by atoms with E-state index in [9.17, 15) is 9.59 Å². The molecule has 0 aliphatic carbocycles. The molecule has 2 unspecified atom stereocenters. The maximum Gasteiger partial charge on any atom is 0.253 e. The van der Waals surface area contributed by atoms with Gasteiger partial charge in [0, 0.05) is 12.3 Å². The van der Waals surface area contributed by atoms with E-state index < -0.39 is 0 Å². The summed E-state index contributed by atoms with van der Waals surface area (Å²) in [6.45, 7) is 4.15. The molecule has 6 nitrogen and oxygen atoms in total. The van der Waals surface area contributed by atoms with Gasteiger partial charge in [0.15, 0.2) is 0 Å². The molecule has 1 amide bonds. The quantitative estimate of drug-likeness (QED) is 0.674. The smallest absolute Gasteiger partial charge is 0.253 e. The summed E-state index contributed by atoms with van der Waals surface area (Å²) < 4.78 is 0. The van der Waals surface area contributed by atoms with E-state index in [2.05, 4.69) is 34.1 Å². The third kappa shape index (κ3) is 3.22. The molecule has 0 aliphatic heterocycles. The van der Waals surface area contributed by atoms with Gasteiger partial charge in [-0.05, 0) is 24.1 Å². The second-order valence-electron chi connectivity index (χ2n) is 5.92. The molecule has 0 spiro atoms. The maximum absolute atomic E-state index is 12.5. The lowest BCUT2D eigenvalue weighted by atomic mass is 9.98. The first-order chi connectivity index (χ1) is 11.6. The average molecular weight is 324 g/mol. The number of aromatic amines is 2. The third-order valence-electron chi connectivity index (χ3n) is 4.25. The van der Waals surface area contributed by atoms with Crippen molar-refractivity contribution in [2.45, 2.75) is 26.3 Å². The second kappa shape index (κ2) is 6.70. The van der Waals surface area contributed by atoms with Crippen LogP contribution in [-0.4, -0.2) is 20.9 Å². The average Bonchev–Trinajstić information content (AvgIpc) is 3.03. The highest BCUT2D eigenvalue weighted by atomic mass is 16.2. The van der Waals surface area contributed by atoms with E-state index >= 15 is 0 Å². The Balaban J connectivity index is 1.90. The number of pyridine rings is 1. The van der Waals surface area contributed by atoms with E-state index in [1.165, 1.54) is 18.3 Å². The van der Waals surface area contributed by atoms with E-state index in [1.807, 2.05) is 24.3 Å². The fourth-order valence-corrected chi connectivity index (χ4v) is 2.61. The molecule has 24 heavy (non-hydrogen) atoms. The zero-order chi connectivity index (χ0) is 17.1. The number of amides is 1. The number of H-pyrrole nitrogens is 2. The molecule has 0 fully saturated rings. The van der Waals surface area contributed by atoms with Crippen LogP contribution in [0.1, 0.15) is 42.5 Å². The lowest BCUT2D eigenvalue weighted by molar-refractivity contribution is 0.0920. The predicted octanol–water partition coefficient (Wildman–Crippen LogP) is 2.77. The molecule has 0 aliphatic rings. The van der Waals surface area contributed by atoms with Crippen LogP contribution >= 0.6 is 0 Å². The number of nitrogens with zero attached hydrogens (tertiary/aromatic N) is 1. The highest BCUT2D eigenvalue weighted by Gasteiger charge is 2.24. The number of benzene rings is 1. The molecule has 3 N–H and O–H groups in total. The molecule has 0 radical (unpaired) electrons. The standard InChI is InChI=1S/C18H20N4O2/c1-3-11(2)16(17-20-13-6-4-5-7-14(13)21-17)22-18(24)12-8-9-15(23)19-10-12/h4-11,16H,3H2,1-2H3,(H,19,23)(H,20,21)(H,22,24). The summed E-state index contributed by atoms with van der Waals surface area (Å²) in [6.07, 6.45) is 2.32. The lowest BCUT2D eigenvalue weighted by Crippen LogP contribution is -2.33. The number of aromatic nitrogens is 3. The zero-order valence-electron chi connectivity index (χ0n) is 13.7. The van der Waals surface area contributed by atoms with Crippen LogP contribution in [0.3, 0.4) is 0 Å². The van der Waals surface area contributed by atoms with Gasteiger partial charge in [0.2, 0.25) is 5.56 Å². The van der Waals surface area contributed by atoms with E-state index in [4.69, 9.17) is 0 Å². The Morgan fingerprint density at radius 1 is 1.25 bits per heavy atom. The summed E-state index contributed by atoms with van der Waals surface area (Å²) in [6, 6.07) is 10.4. The lowest BCUT2D eigenvalue weighted by Gasteiger charge is -2.22. The van der Waals surface area contributed by atoms with Crippen LogP contribution in [0.15, 0.2) is 47.4 Å². The van der Waals surface area contributed by atoms with Crippen molar-refractivity contribution in [3.8, 4) is 0 Å². The predicted molar refractivity (Wildman–Crippen MR) is 92.8 cm³/mol. The highest BCUT2D eigenvalue weighted by Crippen LogP contribution is 2.24. The Kier molecular flexibility index (Phi) is 4.46. The molecule has 2 aromatic heterocycles. The Hall–Kier alpha value is -2.89. The molecular weight excluding hydrogens is 304 g/mol. The van der Waals surface area contributed by atoms with Crippen molar-refractivity contribution in [3.05, 3.63) is 64.3 Å². The number of fused-ring (bicyclic) bond motifs is 1.